The van der Waals surface area contributed by atoms with Gasteiger partial charge in [-0.15, -0.1) is 0 Å². The molecule has 0 radical (unpaired) electrons. The fourth-order valence-corrected chi connectivity index (χ4v) is 2.38. The van der Waals surface area contributed by atoms with Crippen LogP contribution in [0.5, 0.6) is 0 Å². The third-order valence-electron chi connectivity index (χ3n) is 3.78. The highest BCUT2D eigenvalue weighted by Gasteiger charge is 2.27. The lowest BCUT2D eigenvalue weighted by Crippen LogP contribution is -2.52. The minimum Gasteiger partial charge on any atom is -0.467 e. The number of nitrogens with one attached hydrogen (secondary N) is 3. The van der Waals surface area contributed by atoms with Crippen molar-refractivity contribution in [2.45, 2.75) is 58.7 Å². The Bertz CT molecular complexity index is 814. The summed E-state index contributed by atoms with van der Waals surface area (Å²) in [5.41, 5.74) is 3.05. The number of esters is 1. The Morgan fingerprint density at radius 3 is 2.23 bits per heavy atom. The quantitative estimate of drug-likeness (QED) is 0.320. The van der Waals surface area contributed by atoms with E-state index in [9.17, 15) is 19.2 Å². The lowest BCUT2D eigenvalue weighted by molar-refractivity contribution is -0.144. The average molecular weight is 434 g/mol. The molecule has 0 aliphatic rings. The molecular weight excluding hydrogens is 404 g/mol. The molecule has 3 N–H and O–H groups in total. The molecular formula is C21H30N4O6. The number of hydrogen-bond donors (Lipinski definition) is 3. The predicted octanol–water partition coefficient (Wildman–Crippen LogP) is 1.27. The van der Waals surface area contributed by atoms with E-state index in [-0.39, 0.29) is 12.3 Å². The Morgan fingerprint density at radius 1 is 1.10 bits per heavy atom. The van der Waals surface area contributed by atoms with E-state index < -0.39 is 35.7 Å². The molecule has 1 aromatic rings. The molecule has 0 heterocycles. The van der Waals surface area contributed by atoms with Crippen LogP contribution in [-0.2, 0) is 30.3 Å². The van der Waals surface area contributed by atoms with Gasteiger partial charge in [0.1, 0.15) is 17.7 Å². The first-order valence-electron chi connectivity index (χ1n) is 9.67. The molecule has 0 aliphatic carbocycles. The summed E-state index contributed by atoms with van der Waals surface area (Å²) in [6.45, 7) is 7.97. The summed E-state index contributed by atoms with van der Waals surface area (Å²) in [7, 11) is 1.22. The molecule has 0 fully saturated rings. The number of carbonyl (C=O) groups is 4. The van der Waals surface area contributed by atoms with Crippen LogP contribution in [0.4, 0.5) is 4.79 Å². The van der Waals surface area contributed by atoms with E-state index in [1.165, 1.54) is 27.2 Å². The monoisotopic (exact) mass is 434 g/mol. The fourth-order valence-electron chi connectivity index (χ4n) is 2.38. The lowest BCUT2D eigenvalue weighted by Gasteiger charge is -2.24. The fraction of sp³-hybridized carbons (Fsp3) is 0.476. The molecule has 0 saturated heterocycles. The summed E-state index contributed by atoms with van der Waals surface area (Å²) in [6, 6.07) is 5.15. The molecule has 0 aromatic heterocycles. The Morgan fingerprint density at radius 2 is 1.71 bits per heavy atom. The second-order valence-corrected chi connectivity index (χ2v) is 7.82. The second kappa shape index (κ2) is 11.7. The van der Waals surface area contributed by atoms with Crippen molar-refractivity contribution in [1.29, 1.82) is 0 Å². The molecule has 3 amide bonds. The number of nitrogens with zero attached hydrogens (tertiary/aromatic N) is 1. The molecule has 0 spiro atoms. The maximum absolute atomic E-state index is 12.7. The molecule has 1 aromatic carbocycles. The van der Waals surface area contributed by atoms with E-state index in [1.807, 2.05) is 0 Å². The first kappa shape index (κ1) is 25.6. The first-order valence-corrected chi connectivity index (χ1v) is 9.67. The molecule has 2 unspecified atom stereocenters. The van der Waals surface area contributed by atoms with E-state index in [2.05, 4.69) is 25.9 Å². The van der Waals surface area contributed by atoms with Gasteiger partial charge in [0.25, 0.3) is 0 Å². The molecule has 2 atom stereocenters. The van der Waals surface area contributed by atoms with Crippen molar-refractivity contribution < 1.29 is 28.7 Å². The Hall–Kier alpha value is -3.43. The maximum Gasteiger partial charge on any atom is 0.408 e. The standard InChI is InChI=1S/C21H30N4O6/c1-13(19(28)30-6)23-18(27)17(24-20(29)31-21(3,4)5)11-15-7-9-16(10-8-15)12-22-25-14(2)26/h7-10,12-13,17H,11H2,1-6H3,(H,23,27)(H,24,29)(H,25,26). The van der Waals surface area contributed by atoms with Crippen molar-refractivity contribution in [2.24, 2.45) is 5.10 Å². The summed E-state index contributed by atoms with van der Waals surface area (Å²) in [6.07, 6.45) is 0.881. The lowest BCUT2D eigenvalue weighted by atomic mass is 10.0. The molecule has 0 saturated carbocycles. The highest BCUT2D eigenvalue weighted by molar-refractivity contribution is 5.89. The van der Waals surface area contributed by atoms with Crippen LogP contribution in [0.1, 0.15) is 45.7 Å². The van der Waals surface area contributed by atoms with E-state index in [1.54, 1.807) is 45.0 Å². The van der Waals surface area contributed by atoms with Crippen molar-refractivity contribution in [3.8, 4) is 0 Å². The number of hydrogen-bond acceptors (Lipinski definition) is 7. The summed E-state index contributed by atoms with van der Waals surface area (Å²) < 4.78 is 9.85. The van der Waals surface area contributed by atoms with Crippen LogP contribution in [0.2, 0.25) is 0 Å². The summed E-state index contributed by atoms with van der Waals surface area (Å²) >= 11 is 0. The van der Waals surface area contributed by atoms with Gasteiger partial charge in [0, 0.05) is 13.3 Å². The second-order valence-electron chi connectivity index (χ2n) is 7.82. The number of methoxy groups -OCH3 is 1. The average Bonchev–Trinajstić information content (AvgIpc) is 2.66. The first-order chi connectivity index (χ1) is 14.4. The van der Waals surface area contributed by atoms with Gasteiger partial charge in [-0.1, -0.05) is 24.3 Å². The number of hydrazone groups is 1. The molecule has 0 bridgehead atoms. The van der Waals surface area contributed by atoms with Gasteiger partial charge >= 0.3 is 12.1 Å². The van der Waals surface area contributed by atoms with Crippen LogP contribution in [0.15, 0.2) is 29.4 Å². The number of carbonyl (C=O) groups excluding carboxylic acids is 4. The van der Waals surface area contributed by atoms with Gasteiger partial charge in [-0.2, -0.15) is 5.10 Å². The Kier molecular flexibility index (Phi) is 9.65. The Labute approximate surface area is 181 Å². The summed E-state index contributed by atoms with van der Waals surface area (Å²) in [4.78, 5) is 47.4. The number of rotatable bonds is 8. The van der Waals surface area contributed by atoms with Gasteiger partial charge in [0.2, 0.25) is 11.8 Å². The van der Waals surface area contributed by atoms with Crippen molar-refractivity contribution in [3.63, 3.8) is 0 Å². The largest absolute Gasteiger partial charge is 0.467 e. The number of amides is 3. The topological polar surface area (TPSA) is 135 Å². The van der Waals surface area contributed by atoms with Crippen molar-refractivity contribution in [1.82, 2.24) is 16.1 Å². The van der Waals surface area contributed by atoms with Gasteiger partial charge < -0.3 is 20.1 Å². The van der Waals surface area contributed by atoms with Gasteiger partial charge in [-0.3, -0.25) is 9.59 Å². The predicted molar refractivity (Wildman–Crippen MR) is 114 cm³/mol. The van der Waals surface area contributed by atoms with E-state index in [0.717, 1.165) is 11.1 Å². The van der Waals surface area contributed by atoms with Gasteiger partial charge in [-0.05, 0) is 38.8 Å². The molecule has 10 heteroatoms. The van der Waals surface area contributed by atoms with Gasteiger partial charge in [0.15, 0.2) is 0 Å². The molecule has 0 aliphatic heterocycles. The number of ether oxygens (including phenoxy) is 2. The van der Waals surface area contributed by atoms with Gasteiger partial charge in [0.05, 0.1) is 13.3 Å². The van der Waals surface area contributed by atoms with Crippen LogP contribution in [0, 0.1) is 0 Å². The number of alkyl carbamates (subject to hydrolysis) is 1. The van der Waals surface area contributed by atoms with Crippen LogP contribution >= 0.6 is 0 Å². The third kappa shape index (κ3) is 10.2. The smallest absolute Gasteiger partial charge is 0.408 e. The highest BCUT2D eigenvalue weighted by atomic mass is 16.6. The highest BCUT2D eigenvalue weighted by Crippen LogP contribution is 2.10. The Balaban J connectivity index is 2.93. The minimum absolute atomic E-state index is 0.155. The molecule has 10 nitrogen and oxygen atoms in total. The normalized spacial score (nSPS) is 13.1. The van der Waals surface area contributed by atoms with Crippen LogP contribution in [-0.4, -0.2) is 54.9 Å². The molecule has 170 valence electrons. The van der Waals surface area contributed by atoms with Crippen LogP contribution in [0.3, 0.4) is 0 Å². The van der Waals surface area contributed by atoms with Crippen molar-refractivity contribution >= 4 is 30.1 Å². The number of benzene rings is 1. The zero-order valence-electron chi connectivity index (χ0n) is 18.6. The maximum atomic E-state index is 12.7. The van der Waals surface area contributed by atoms with E-state index in [4.69, 9.17) is 4.74 Å². The molecule has 1 rings (SSSR count). The van der Waals surface area contributed by atoms with E-state index >= 15 is 0 Å². The zero-order valence-corrected chi connectivity index (χ0v) is 18.6. The third-order valence-corrected chi connectivity index (χ3v) is 3.78. The van der Waals surface area contributed by atoms with Crippen LogP contribution < -0.4 is 16.1 Å². The van der Waals surface area contributed by atoms with Crippen molar-refractivity contribution in [2.75, 3.05) is 7.11 Å². The van der Waals surface area contributed by atoms with Gasteiger partial charge in [-0.25, -0.2) is 15.0 Å². The minimum atomic E-state index is -0.985. The van der Waals surface area contributed by atoms with E-state index in [0.29, 0.717) is 0 Å². The van der Waals surface area contributed by atoms with Crippen molar-refractivity contribution in [3.05, 3.63) is 35.4 Å². The molecule has 31 heavy (non-hydrogen) atoms. The summed E-state index contributed by atoms with van der Waals surface area (Å²) in [5.74, 6) is -1.44. The summed E-state index contributed by atoms with van der Waals surface area (Å²) in [5, 5.41) is 8.85. The zero-order chi connectivity index (χ0) is 23.6. The van der Waals surface area contributed by atoms with Crippen LogP contribution in [0.25, 0.3) is 0 Å². The SMILES string of the molecule is COC(=O)C(C)NC(=O)C(Cc1ccc(C=NNC(C)=O)cc1)NC(=O)OC(C)(C)C.